The molecule has 0 aromatic rings. The first kappa shape index (κ1) is 29.6. The zero-order chi connectivity index (χ0) is 20.7. The van der Waals surface area contributed by atoms with E-state index in [1.807, 2.05) is 23.5 Å². The van der Waals surface area contributed by atoms with Crippen LogP contribution >= 0.6 is 69.5 Å². The van der Waals surface area contributed by atoms with Crippen molar-refractivity contribution in [3.63, 3.8) is 0 Å². The molecule has 0 radical (unpaired) electrons. The van der Waals surface area contributed by atoms with Gasteiger partial charge in [0.1, 0.15) is 7.06 Å². The normalized spacial score (nSPS) is 11.1. The summed E-state index contributed by atoms with van der Waals surface area (Å²) in [5.74, 6) is 2.33. The molecular weight excluding hydrogens is 457 g/mol. The van der Waals surface area contributed by atoms with Gasteiger partial charge in [0, 0.05) is 0 Å². The Hall–Kier alpha value is 1.58. The third kappa shape index (κ3) is 23.9. The summed E-state index contributed by atoms with van der Waals surface area (Å²) in [5.41, 5.74) is 0. The molecule has 0 heterocycles. The van der Waals surface area contributed by atoms with Gasteiger partial charge in [-0.25, -0.2) is 0 Å². The van der Waals surface area contributed by atoms with Crippen molar-refractivity contribution in [2.45, 2.75) is 117 Å². The van der Waals surface area contributed by atoms with Gasteiger partial charge >= 0.3 is 0 Å². The van der Waals surface area contributed by atoms with E-state index in [9.17, 15) is 0 Å². The van der Waals surface area contributed by atoms with E-state index in [1.165, 1.54) is 114 Å². The Bertz CT molecular complexity index is 325. The Balaban J connectivity index is 3.32. The van der Waals surface area contributed by atoms with Gasteiger partial charge < -0.3 is 0 Å². The van der Waals surface area contributed by atoms with Crippen LogP contribution in [0, 0.1) is 0 Å². The number of unbranched alkanes of at least 4 members (excludes halogenated alkanes) is 14. The van der Waals surface area contributed by atoms with Crippen molar-refractivity contribution >= 4 is 76.6 Å². The molecule has 0 aromatic heterocycles. The molecule has 0 amide bonds. The van der Waals surface area contributed by atoms with Gasteiger partial charge in [-0.3, -0.25) is 0 Å². The minimum Gasteiger partial charge on any atom is -0.107 e. The van der Waals surface area contributed by atoms with Gasteiger partial charge in [-0.15, -0.1) is 23.5 Å². The standard InChI is InChI=1S/C22H42S6/c1-3-5-7-9-11-13-15-17-19-25-21(23)27-28-22(24)26-20-18-16-14-12-10-8-6-4-2/h3-20H2,1-2H3. The van der Waals surface area contributed by atoms with Gasteiger partial charge in [0.2, 0.25) is 0 Å². The van der Waals surface area contributed by atoms with Crippen molar-refractivity contribution in [2.24, 2.45) is 0 Å². The molecule has 0 spiro atoms. The lowest BCUT2D eigenvalue weighted by atomic mass is 10.1. The molecule has 28 heavy (non-hydrogen) atoms. The molecule has 0 aliphatic carbocycles. The first-order valence-corrected chi connectivity index (χ1v) is 16.3. The van der Waals surface area contributed by atoms with E-state index in [-0.39, 0.29) is 0 Å². The Labute approximate surface area is 203 Å². The summed E-state index contributed by atoms with van der Waals surface area (Å²) in [5, 5.41) is 0. The lowest BCUT2D eigenvalue weighted by Crippen LogP contribution is -1.88. The highest BCUT2D eigenvalue weighted by molar-refractivity contribution is 8.96. The smallest absolute Gasteiger partial charge is 0.107 e. The molecule has 0 aliphatic heterocycles. The fourth-order valence-corrected chi connectivity index (χ4v) is 7.95. The third-order valence-corrected chi connectivity index (χ3v) is 11.4. The predicted octanol–water partition coefficient (Wildman–Crippen LogP) is 10.7. The second-order valence-electron chi connectivity index (χ2n) is 7.31. The van der Waals surface area contributed by atoms with Gasteiger partial charge in [-0.2, -0.15) is 0 Å². The van der Waals surface area contributed by atoms with Crippen LogP contribution in [0.5, 0.6) is 0 Å². The number of thioether (sulfide) groups is 2. The van der Waals surface area contributed by atoms with E-state index in [4.69, 9.17) is 24.4 Å². The topological polar surface area (TPSA) is 0 Å². The number of rotatable bonds is 18. The number of hydrogen-bond donors (Lipinski definition) is 0. The van der Waals surface area contributed by atoms with Crippen molar-refractivity contribution in [1.29, 1.82) is 0 Å². The molecule has 6 heteroatoms. The summed E-state index contributed by atoms with van der Waals surface area (Å²) in [6.45, 7) is 4.55. The van der Waals surface area contributed by atoms with Crippen molar-refractivity contribution in [3.05, 3.63) is 0 Å². The average molecular weight is 499 g/mol. The highest BCUT2D eigenvalue weighted by atomic mass is 33.1. The second kappa shape index (κ2) is 24.8. The van der Waals surface area contributed by atoms with E-state index < -0.39 is 0 Å². The van der Waals surface area contributed by atoms with E-state index in [0.717, 1.165) is 7.06 Å². The van der Waals surface area contributed by atoms with Crippen LogP contribution in [0.3, 0.4) is 0 Å². The first-order valence-electron chi connectivity index (χ1n) is 11.4. The second-order valence-corrected chi connectivity index (χ2v) is 14.0. The summed E-state index contributed by atoms with van der Waals surface area (Å²) in [4.78, 5) is 0. The lowest BCUT2D eigenvalue weighted by molar-refractivity contribution is 0.586. The van der Waals surface area contributed by atoms with E-state index in [1.54, 1.807) is 21.6 Å². The van der Waals surface area contributed by atoms with Gasteiger partial charge in [-0.1, -0.05) is 128 Å². The van der Waals surface area contributed by atoms with Crippen LogP contribution in [0.1, 0.15) is 117 Å². The zero-order valence-electron chi connectivity index (χ0n) is 18.2. The van der Waals surface area contributed by atoms with Crippen LogP contribution in [0.4, 0.5) is 0 Å². The fraction of sp³-hybridized carbons (Fsp3) is 0.909. The molecule has 0 rings (SSSR count). The molecular formula is C22H42S6. The van der Waals surface area contributed by atoms with Crippen molar-refractivity contribution in [2.75, 3.05) is 11.5 Å². The van der Waals surface area contributed by atoms with Gasteiger partial charge in [0.15, 0.2) is 0 Å². The Morgan fingerprint density at radius 3 is 1.07 bits per heavy atom. The van der Waals surface area contributed by atoms with Crippen LogP contribution in [-0.4, -0.2) is 18.6 Å². The molecule has 0 saturated heterocycles. The molecule has 0 unspecified atom stereocenters. The third-order valence-electron chi connectivity index (χ3n) is 4.61. The average Bonchev–Trinajstić information content (AvgIpc) is 2.69. The van der Waals surface area contributed by atoms with E-state index >= 15 is 0 Å². The quantitative estimate of drug-likeness (QED) is 0.104. The maximum atomic E-state index is 5.47. The van der Waals surface area contributed by atoms with Crippen LogP contribution in [0.2, 0.25) is 0 Å². The highest BCUT2D eigenvalue weighted by Crippen LogP contribution is 2.34. The van der Waals surface area contributed by atoms with E-state index in [2.05, 4.69) is 13.8 Å². The summed E-state index contributed by atoms with van der Waals surface area (Å²) in [6, 6.07) is 0. The summed E-state index contributed by atoms with van der Waals surface area (Å²) in [7, 11) is 3.38. The van der Waals surface area contributed by atoms with Gasteiger partial charge in [0.05, 0.1) is 0 Å². The molecule has 0 nitrogen and oxygen atoms in total. The Kier molecular flexibility index (Phi) is 26.2. The number of thiocarbonyl (C=S) groups is 2. The maximum absolute atomic E-state index is 5.47. The SMILES string of the molecule is CCCCCCCCCCSC(=S)SSC(=S)SCCCCCCCCCC. The number of hydrogen-bond acceptors (Lipinski definition) is 6. The molecule has 0 atom stereocenters. The van der Waals surface area contributed by atoms with Crippen LogP contribution in [0.15, 0.2) is 0 Å². The minimum absolute atomic E-state index is 1.04. The fourth-order valence-electron chi connectivity index (χ4n) is 2.90. The molecule has 0 saturated carbocycles. The molecule has 0 bridgehead atoms. The van der Waals surface area contributed by atoms with Crippen LogP contribution in [-0.2, 0) is 0 Å². The first-order chi connectivity index (χ1) is 13.7. The molecule has 166 valence electrons. The predicted molar refractivity (Wildman–Crippen MR) is 151 cm³/mol. The molecule has 0 aliphatic rings. The lowest BCUT2D eigenvalue weighted by Gasteiger charge is -2.05. The summed E-state index contributed by atoms with van der Waals surface area (Å²) >= 11 is 14.6. The van der Waals surface area contributed by atoms with E-state index in [0.29, 0.717) is 0 Å². The van der Waals surface area contributed by atoms with Crippen LogP contribution in [0.25, 0.3) is 0 Å². The highest BCUT2D eigenvalue weighted by Gasteiger charge is 2.04. The summed E-state index contributed by atoms with van der Waals surface area (Å²) < 4.78 is 2.09. The minimum atomic E-state index is 1.04. The van der Waals surface area contributed by atoms with Crippen LogP contribution < -0.4 is 0 Å². The van der Waals surface area contributed by atoms with Gasteiger partial charge in [0.25, 0.3) is 0 Å². The Morgan fingerprint density at radius 2 is 0.750 bits per heavy atom. The van der Waals surface area contributed by atoms with Crippen molar-refractivity contribution in [3.8, 4) is 0 Å². The Morgan fingerprint density at radius 1 is 0.464 bits per heavy atom. The molecule has 0 N–H and O–H groups in total. The maximum Gasteiger partial charge on any atom is 0.115 e. The summed E-state index contributed by atoms with van der Waals surface area (Å²) in [6.07, 6.45) is 22.0. The van der Waals surface area contributed by atoms with Gasteiger partial charge in [-0.05, 0) is 45.9 Å². The monoisotopic (exact) mass is 498 g/mol. The molecule has 0 fully saturated rings. The van der Waals surface area contributed by atoms with Crippen molar-refractivity contribution < 1.29 is 0 Å². The largest absolute Gasteiger partial charge is 0.115 e. The van der Waals surface area contributed by atoms with Crippen molar-refractivity contribution in [1.82, 2.24) is 0 Å². The zero-order valence-corrected chi connectivity index (χ0v) is 23.1. The molecule has 0 aromatic carbocycles.